The van der Waals surface area contributed by atoms with Gasteiger partial charge in [-0.25, -0.2) is 4.79 Å². The van der Waals surface area contributed by atoms with Crippen molar-refractivity contribution in [1.29, 1.82) is 0 Å². The highest BCUT2D eigenvalue weighted by Gasteiger charge is 2.45. The van der Waals surface area contributed by atoms with E-state index < -0.39 is 29.2 Å². The standard InChI is InChI=1S/C21H18O8S/c1-26-19-13-10(7-11-17(19)28-8-27-11)12-18(29-21(13)25)15(23)14(22)16(24)20(12)30-9-5-3-2-4-6-9/h2-7,14-16,20,22-24H,8H2,1H3/t14-,15+,16+,20+/m0/s1. The molecule has 0 fully saturated rings. The number of aliphatic hydroxyl groups is 3. The summed E-state index contributed by atoms with van der Waals surface area (Å²) in [5, 5.41) is 31.6. The fourth-order valence-electron chi connectivity index (χ4n) is 3.94. The highest BCUT2D eigenvalue weighted by atomic mass is 32.2. The molecule has 3 N–H and O–H groups in total. The Balaban J connectivity index is 1.82. The molecule has 1 aliphatic carbocycles. The molecule has 156 valence electrons. The van der Waals surface area contributed by atoms with Crippen LogP contribution in [0.3, 0.4) is 0 Å². The molecular formula is C21H18O8S. The van der Waals surface area contributed by atoms with Crippen LogP contribution in [0.2, 0.25) is 0 Å². The second-order valence-corrected chi connectivity index (χ2v) is 8.23. The average molecular weight is 430 g/mol. The number of fused-ring (bicyclic) bond motifs is 4. The van der Waals surface area contributed by atoms with Crippen molar-refractivity contribution >= 4 is 22.5 Å². The topological polar surface area (TPSA) is 119 Å². The van der Waals surface area contributed by atoms with Crippen molar-refractivity contribution in [3.05, 3.63) is 58.1 Å². The SMILES string of the molecule is COc1c2c(cc3c4c(oc(=O)c13)[C@H](O)[C@H](O)[C@@H](O)[C@@H]4Sc1ccccc1)OCO2. The molecule has 2 heterocycles. The maximum Gasteiger partial charge on any atom is 0.347 e. The molecule has 0 radical (unpaired) electrons. The van der Waals surface area contributed by atoms with Crippen LogP contribution in [-0.2, 0) is 0 Å². The summed E-state index contributed by atoms with van der Waals surface area (Å²) in [4.78, 5) is 13.7. The van der Waals surface area contributed by atoms with Gasteiger partial charge in [0.15, 0.2) is 11.5 Å². The quantitative estimate of drug-likeness (QED) is 0.574. The number of hydrogen-bond acceptors (Lipinski definition) is 9. The van der Waals surface area contributed by atoms with Crippen LogP contribution < -0.4 is 19.8 Å². The smallest absolute Gasteiger partial charge is 0.347 e. The normalized spacial score (nSPS) is 24.7. The third-order valence-corrected chi connectivity index (χ3v) is 6.64. The lowest BCUT2D eigenvalue weighted by molar-refractivity contribution is -0.0792. The summed E-state index contributed by atoms with van der Waals surface area (Å²) in [5.41, 5.74) is -0.342. The van der Waals surface area contributed by atoms with Crippen molar-refractivity contribution < 1.29 is 33.9 Å². The molecule has 3 aromatic rings. The first-order valence-corrected chi connectivity index (χ1v) is 10.1. The highest BCUT2D eigenvalue weighted by Crippen LogP contribution is 2.52. The molecule has 1 aromatic heterocycles. The molecule has 0 unspecified atom stereocenters. The minimum atomic E-state index is -1.56. The van der Waals surface area contributed by atoms with E-state index in [4.69, 9.17) is 18.6 Å². The molecule has 8 nitrogen and oxygen atoms in total. The molecular weight excluding hydrogens is 412 g/mol. The Labute approximate surface area is 174 Å². The second kappa shape index (κ2) is 7.21. The zero-order valence-corrected chi connectivity index (χ0v) is 16.6. The van der Waals surface area contributed by atoms with E-state index in [1.807, 2.05) is 30.3 Å². The second-order valence-electron chi connectivity index (χ2n) is 7.01. The lowest BCUT2D eigenvalue weighted by Gasteiger charge is -2.36. The van der Waals surface area contributed by atoms with Gasteiger partial charge in [-0.1, -0.05) is 18.2 Å². The van der Waals surface area contributed by atoms with Gasteiger partial charge in [-0.05, 0) is 18.2 Å². The predicted octanol–water partition coefficient (Wildman–Crippen LogP) is 2.13. The number of aliphatic hydroxyl groups excluding tert-OH is 3. The molecule has 30 heavy (non-hydrogen) atoms. The lowest BCUT2D eigenvalue weighted by atomic mass is 9.86. The van der Waals surface area contributed by atoms with Gasteiger partial charge in [-0.2, -0.15) is 0 Å². The van der Waals surface area contributed by atoms with Gasteiger partial charge < -0.3 is 33.9 Å². The minimum absolute atomic E-state index is 0.0261. The van der Waals surface area contributed by atoms with Crippen LogP contribution in [0.5, 0.6) is 17.2 Å². The molecule has 4 atom stereocenters. The van der Waals surface area contributed by atoms with Crippen molar-refractivity contribution in [2.45, 2.75) is 28.5 Å². The maximum atomic E-state index is 12.8. The van der Waals surface area contributed by atoms with Gasteiger partial charge in [0.25, 0.3) is 0 Å². The highest BCUT2D eigenvalue weighted by molar-refractivity contribution is 7.99. The van der Waals surface area contributed by atoms with Crippen molar-refractivity contribution in [1.82, 2.24) is 0 Å². The summed E-state index contributed by atoms with van der Waals surface area (Å²) < 4.78 is 21.8. The van der Waals surface area contributed by atoms with Crippen LogP contribution in [0, 0.1) is 0 Å². The molecule has 0 saturated carbocycles. The third-order valence-electron chi connectivity index (χ3n) is 5.33. The van der Waals surface area contributed by atoms with Crippen LogP contribution >= 0.6 is 11.8 Å². The first-order chi connectivity index (χ1) is 14.5. The summed E-state index contributed by atoms with van der Waals surface area (Å²) in [6.45, 7) is -0.0261. The van der Waals surface area contributed by atoms with E-state index in [1.54, 1.807) is 6.07 Å². The molecule has 2 aliphatic rings. The number of hydrogen-bond donors (Lipinski definition) is 3. The third kappa shape index (κ3) is 2.78. The first kappa shape index (κ1) is 19.3. The summed E-state index contributed by atoms with van der Waals surface area (Å²) in [5.74, 6) is 0.752. The summed E-state index contributed by atoms with van der Waals surface area (Å²) in [6.07, 6.45) is -4.39. The zero-order valence-electron chi connectivity index (χ0n) is 15.8. The Morgan fingerprint density at radius 3 is 2.60 bits per heavy atom. The Morgan fingerprint density at radius 1 is 1.10 bits per heavy atom. The largest absolute Gasteiger partial charge is 0.492 e. The molecule has 0 saturated heterocycles. The Morgan fingerprint density at radius 2 is 1.87 bits per heavy atom. The van der Waals surface area contributed by atoms with Crippen molar-refractivity contribution in [2.24, 2.45) is 0 Å². The molecule has 0 spiro atoms. The van der Waals surface area contributed by atoms with E-state index in [0.717, 1.165) is 4.90 Å². The van der Waals surface area contributed by atoms with E-state index in [0.29, 0.717) is 22.4 Å². The van der Waals surface area contributed by atoms with Gasteiger partial charge in [0.05, 0.1) is 18.5 Å². The Hall–Kier alpha value is -2.72. The van der Waals surface area contributed by atoms with Crippen LogP contribution in [0.25, 0.3) is 10.8 Å². The molecule has 0 amide bonds. The average Bonchev–Trinajstić information content (AvgIpc) is 3.23. The monoisotopic (exact) mass is 430 g/mol. The molecule has 5 rings (SSSR count). The number of rotatable bonds is 3. The van der Waals surface area contributed by atoms with Gasteiger partial charge in [-0.15, -0.1) is 11.8 Å². The van der Waals surface area contributed by atoms with E-state index in [9.17, 15) is 20.1 Å². The Bertz CT molecular complexity index is 1180. The maximum absolute atomic E-state index is 12.8. The Kier molecular flexibility index (Phi) is 4.62. The van der Waals surface area contributed by atoms with Crippen LogP contribution in [0.15, 0.2) is 50.5 Å². The van der Waals surface area contributed by atoms with Crippen LogP contribution in [0.4, 0.5) is 0 Å². The number of methoxy groups -OCH3 is 1. The number of thioether (sulfide) groups is 1. The number of ether oxygens (including phenoxy) is 3. The van der Waals surface area contributed by atoms with Gasteiger partial charge >= 0.3 is 5.63 Å². The minimum Gasteiger partial charge on any atom is -0.492 e. The van der Waals surface area contributed by atoms with Gasteiger partial charge in [0.1, 0.15) is 23.4 Å². The van der Waals surface area contributed by atoms with Crippen LogP contribution in [-0.4, -0.2) is 41.4 Å². The van der Waals surface area contributed by atoms with Gasteiger partial charge in [-0.3, -0.25) is 0 Å². The van der Waals surface area contributed by atoms with Gasteiger partial charge in [0, 0.05) is 15.8 Å². The van der Waals surface area contributed by atoms with E-state index in [2.05, 4.69) is 0 Å². The van der Waals surface area contributed by atoms with E-state index >= 15 is 0 Å². The van der Waals surface area contributed by atoms with Crippen molar-refractivity contribution in [2.75, 3.05) is 13.9 Å². The fraction of sp³-hybridized carbons (Fsp3) is 0.286. The molecule has 0 bridgehead atoms. The summed E-state index contributed by atoms with van der Waals surface area (Å²) >= 11 is 1.29. The molecule has 1 aliphatic heterocycles. The van der Waals surface area contributed by atoms with Crippen LogP contribution in [0.1, 0.15) is 22.7 Å². The molecule has 2 aromatic carbocycles. The van der Waals surface area contributed by atoms with Crippen molar-refractivity contribution in [3.8, 4) is 17.2 Å². The first-order valence-electron chi connectivity index (χ1n) is 9.24. The summed E-state index contributed by atoms with van der Waals surface area (Å²) in [7, 11) is 1.40. The number of benzene rings is 2. The lowest BCUT2D eigenvalue weighted by Crippen LogP contribution is -2.41. The van der Waals surface area contributed by atoms with E-state index in [1.165, 1.54) is 18.9 Å². The molecule has 9 heteroatoms. The zero-order chi connectivity index (χ0) is 21.0. The summed E-state index contributed by atoms with van der Waals surface area (Å²) in [6, 6.07) is 10.9. The van der Waals surface area contributed by atoms with E-state index in [-0.39, 0.29) is 23.7 Å². The predicted molar refractivity (Wildman–Crippen MR) is 107 cm³/mol. The van der Waals surface area contributed by atoms with Crippen molar-refractivity contribution in [3.63, 3.8) is 0 Å². The fourth-order valence-corrected chi connectivity index (χ4v) is 5.21. The van der Waals surface area contributed by atoms with Gasteiger partial charge in [0.2, 0.25) is 12.5 Å².